The fourth-order valence-corrected chi connectivity index (χ4v) is 3.24. The molecule has 0 spiro atoms. The minimum atomic E-state index is -0.186. The molecule has 0 aliphatic carbocycles. The smallest absolute Gasteiger partial charge is 0.259 e. The molecule has 0 unspecified atom stereocenters. The standard InChI is InChI=1S/C18H19N5O.ClH/c24-17(13-4-3-9-20-12-13)22-18-21-15-5-1-2-6-16(15)23(18)14-7-10-19-11-8-14;/h1-6,9,12,14,19H,7-8,10-11H2,(H,21,22,24);1H. The van der Waals surface area contributed by atoms with Gasteiger partial charge in [0.25, 0.3) is 5.91 Å². The first-order chi connectivity index (χ1) is 11.8. The normalized spacial score (nSPS) is 14.9. The van der Waals surface area contributed by atoms with Gasteiger partial charge in [0, 0.05) is 18.4 Å². The third-order valence-electron chi connectivity index (χ3n) is 4.42. The van der Waals surface area contributed by atoms with Crippen molar-refractivity contribution >= 4 is 35.3 Å². The van der Waals surface area contributed by atoms with Crippen LogP contribution >= 0.6 is 12.4 Å². The Morgan fingerprint density at radius 3 is 2.72 bits per heavy atom. The highest BCUT2D eigenvalue weighted by atomic mass is 35.5. The largest absolute Gasteiger partial charge is 0.317 e. The van der Waals surface area contributed by atoms with E-state index in [4.69, 9.17) is 0 Å². The lowest BCUT2D eigenvalue weighted by Crippen LogP contribution is -2.30. The van der Waals surface area contributed by atoms with Gasteiger partial charge in [-0.15, -0.1) is 12.4 Å². The monoisotopic (exact) mass is 357 g/mol. The number of anilines is 1. The number of carbonyl (C=O) groups excluding carboxylic acids is 1. The van der Waals surface area contributed by atoms with Gasteiger partial charge in [-0.25, -0.2) is 4.98 Å². The number of pyridine rings is 1. The maximum Gasteiger partial charge on any atom is 0.259 e. The highest BCUT2D eigenvalue weighted by Gasteiger charge is 2.22. The maximum absolute atomic E-state index is 12.5. The van der Waals surface area contributed by atoms with Crippen LogP contribution in [-0.2, 0) is 0 Å². The molecule has 25 heavy (non-hydrogen) atoms. The number of benzene rings is 1. The molecule has 1 saturated heterocycles. The van der Waals surface area contributed by atoms with Gasteiger partial charge in [0.1, 0.15) is 0 Å². The third kappa shape index (κ3) is 3.50. The molecule has 1 aliphatic heterocycles. The molecule has 1 aromatic carbocycles. The molecule has 0 saturated carbocycles. The predicted octanol–water partition coefficient (Wildman–Crippen LogP) is 3.03. The minimum absolute atomic E-state index is 0. The number of halogens is 1. The Kier molecular flexibility index (Phi) is 5.31. The van der Waals surface area contributed by atoms with Crippen LogP contribution in [-0.4, -0.2) is 33.5 Å². The molecule has 130 valence electrons. The number of aromatic nitrogens is 3. The molecular weight excluding hydrogens is 338 g/mol. The van der Waals surface area contributed by atoms with E-state index in [0.29, 0.717) is 17.6 Å². The van der Waals surface area contributed by atoms with Crippen molar-refractivity contribution in [1.82, 2.24) is 19.9 Å². The number of carbonyl (C=O) groups is 1. The molecule has 0 atom stereocenters. The van der Waals surface area contributed by atoms with E-state index in [1.807, 2.05) is 18.2 Å². The number of hydrogen-bond acceptors (Lipinski definition) is 4. The van der Waals surface area contributed by atoms with Gasteiger partial charge in [-0.1, -0.05) is 12.1 Å². The highest BCUT2D eigenvalue weighted by molar-refractivity contribution is 6.03. The topological polar surface area (TPSA) is 71.8 Å². The van der Waals surface area contributed by atoms with Crippen LogP contribution in [0.3, 0.4) is 0 Å². The molecule has 3 aromatic rings. The quantitative estimate of drug-likeness (QED) is 0.755. The van der Waals surface area contributed by atoms with Gasteiger partial charge in [0.2, 0.25) is 5.95 Å². The zero-order valence-corrected chi connectivity index (χ0v) is 14.5. The van der Waals surface area contributed by atoms with E-state index in [9.17, 15) is 4.79 Å². The molecule has 6 nitrogen and oxygen atoms in total. The number of amides is 1. The first kappa shape index (κ1) is 17.4. The van der Waals surface area contributed by atoms with Crippen molar-refractivity contribution in [2.24, 2.45) is 0 Å². The minimum Gasteiger partial charge on any atom is -0.317 e. The second kappa shape index (κ2) is 7.63. The Labute approximate surface area is 152 Å². The molecule has 0 bridgehead atoms. The van der Waals surface area contributed by atoms with E-state index in [2.05, 4.69) is 31.2 Å². The lowest BCUT2D eigenvalue weighted by molar-refractivity contribution is 0.102. The molecule has 2 aromatic heterocycles. The summed E-state index contributed by atoms with van der Waals surface area (Å²) in [6.45, 7) is 1.96. The number of fused-ring (bicyclic) bond motifs is 1. The highest BCUT2D eigenvalue weighted by Crippen LogP contribution is 2.29. The van der Waals surface area contributed by atoms with Crippen LogP contribution < -0.4 is 10.6 Å². The molecule has 7 heteroatoms. The number of nitrogens with zero attached hydrogens (tertiary/aromatic N) is 3. The summed E-state index contributed by atoms with van der Waals surface area (Å²) >= 11 is 0. The van der Waals surface area contributed by atoms with Crippen LogP contribution in [0.1, 0.15) is 29.2 Å². The van der Waals surface area contributed by atoms with Crippen LogP contribution in [0.25, 0.3) is 11.0 Å². The summed E-state index contributed by atoms with van der Waals surface area (Å²) in [5, 5.41) is 6.35. The summed E-state index contributed by atoms with van der Waals surface area (Å²) in [6.07, 6.45) is 5.26. The van der Waals surface area contributed by atoms with Crippen LogP contribution in [0.5, 0.6) is 0 Å². The Hall–Kier alpha value is -2.44. The summed E-state index contributed by atoms with van der Waals surface area (Å²) in [4.78, 5) is 21.2. The van der Waals surface area contributed by atoms with Crippen molar-refractivity contribution in [3.63, 3.8) is 0 Å². The van der Waals surface area contributed by atoms with Crippen LogP contribution in [0.2, 0.25) is 0 Å². The summed E-state index contributed by atoms with van der Waals surface area (Å²) in [5.74, 6) is 0.422. The molecule has 3 heterocycles. The second-order valence-electron chi connectivity index (χ2n) is 5.97. The number of hydrogen-bond donors (Lipinski definition) is 2. The molecular formula is C18H20ClN5O. The van der Waals surface area contributed by atoms with Crippen LogP contribution in [0, 0.1) is 0 Å². The van der Waals surface area contributed by atoms with Crippen molar-refractivity contribution in [2.75, 3.05) is 18.4 Å². The summed E-state index contributed by atoms with van der Waals surface area (Å²) < 4.78 is 2.17. The summed E-state index contributed by atoms with van der Waals surface area (Å²) in [5.41, 5.74) is 2.49. The molecule has 0 radical (unpaired) electrons. The number of rotatable bonds is 3. The van der Waals surface area contributed by atoms with Crippen LogP contribution in [0.15, 0.2) is 48.8 Å². The van der Waals surface area contributed by atoms with Crippen molar-refractivity contribution in [1.29, 1.82) is 0 Å². The first-order valence-electron chi connectivity index (χ1n) is 8.22. The Bertz CT molecular complexity index is 858. The summed E-state index contributed by atoms with van der Waals surface area (Å²) in [7, 11) is 0. The number of piperidine rings is 1. The van der Waals surface area contributed by atoms with Gasteiger partial charge in [-0.05, 0) is 50.2 Å². The van der Waals surface area contributed by atoms with E-state index in [0.717, 1.165) is 37.0 Å². The van der Waals surface area contributed by atoms with E-state index < -0.39 is 0 Å². The van der Waals surface area contributed by atoms with E-state index >= 15 is 0 Å². The molecule has 1 fully saturated rings. The SMILES string of the molecule is Cl.O=C(Nc1nc2ccccc2n1C1CCNCC1)c1cccnc1. The zero-order chi connectivity index (χ0) is 16.4. The van der Waals surface area contributed by atoms with Crippen molar-refractivity contribution < 1.29 is 4.79 Å². The maximum atomic E-state index is 12.5. The molecule has 1 aliphatic rings. The van der Waals surface area contributed by atoms with E-state index in [1.165, 1.54) is 0 Å². The zero-order valence-electron chi connectivity index (χ0n) is 13.7. The second-order valence-corrected chi connectivity index (χ2v) is 5.97. The Balaban J connectivity index is 0.00000182. The van der Waals surface area contributed by atoms with Gasteiger partial charge >= 0.3 is 0 Å². The van der Waals surface area contributed by atoms with Gasteiger partial charge in [0.15, 0.2) is 0 Å². The van der Waals surface area contributed by atoms with Gasteiger partial charge < -0.3 is 9.88 Å². The average molecular weight is 358 g/mol. The van der Waals surface area contributed by atoms with Gasteiger partial charge in [-0.2, -0.15) is 0 Å². The Morgan fingerprint density at radius 2 is 1.96 bits per heavy atom. The number of nitrogens with one attached hydrogen (secondary N) is 2. The first-order valence-corrected chi connectivity index (χ1v) is 8.22. The van der Waals surface area contributed by atoms with E-state index in [1.54, 1.807) is 24.5 Å². The third-order valence-corrected chi connectivity index (χ3v) is 4.42. The van der Waals surface area contributed by atoms with Gasteiger partial charge in [-0.3, -0.25) is 15.1 Å². The Morgan fingerprint density at radius 1 is 1.16 bits per heavy atom. The number of para-hydroxylation sites is 2. The predicted molar refractivity (Wildman–Crippen MR) is 100 cm³/mol. The van der Waals surface area contributed by atoms with Gasteiger partial charge in [0.05, 0.1) is 16.6 Å². The van der Waals surface area contributed by atoms with Crippen molar-refractivity contribution in [3.8, 4) is 0 Å². The lowest BCUT2D eigenvalue weighted by Gasteiger charge is -2.26. The molecule has 4 rings (SSSR count). The molecule has 2 N–H and O–H groups in total. The summed E-state index contributed by atoms with van der Waals surface area (Å²) in [6, 6.07) is 11.9. The molecule has 1 amide bonds. The average Bonchev–Trinajstić information content (AvgIpc) is 3.01. The van der Waals surface area contributed by atoms with Crippen molar-refractivity contribution in [2.45, 2.75) is 18.9 Å². The van der Waals surface area contributed by atoms with Crippen molar-refractivity contribution in [3.05, 3.63) is 54.4 Å². The number of imidazole rings is 1. The van der Waals surface area contributed by atoms with Crippen LogP contribution in [0.4, 0.5) is 5.95 Å². The fraction of sp³-hybridized carbons (Fsp3) is 0.278. The van der Waals surface area contributed by atoms with E-state index in [-0.39, 0.29) is 18.3 Å². The fourth-order valence-electron chi connectivity index (χ4n) is 3.24. The lowest BCUT2D eigenvalue weighted by atomic mass is 10.1.